The first-order valence-electron chi connectivity index (χ1n) is 20.0. The first-order valence-corrected chi connectivity index (χ1v) is 20.8. The minimum Gasteiger partial charge on any atom is -0.456 e. The average Bonchev–Trinajstić information content (AvgIpc) is 4.03. The Morgan fingerprint density at radius 1 is 0.448 bits per heavy atom. The first-order chi connectivity index (χ1) is 28.7. The third-order valence-corrected chi connectivity index (χ3v) is 13.6. The van der Waals surface area contributed by atoms with Crippen molar-refractivity contribution in [1.29, 1.82) is 0 Å². The summed E-state index contributed by atoms with van der Waals surface area (Å²) >= 11 is 1.88. The fraction of sp³-hybridized carbons (Fsp3) is 0.0370. The predicted molar refractivity (Wildman–Crippen MR) is 246 cm³/mol. The lowest BCUT2D eigenvalue weighted by atomic mass is 9.86. The highest BCUT2D eigenvalue weighted by molar-refractivity contribution is 7.25. The van der Waals surface area contributed by atoms with Crippen LogP contribution in [0.1, 0.15) is 23.5 Å². The summed E-state index contributed by atoms with van der Waals surface area (Å²) in [5.41, 5.74) is 12.8. The zero-order valence-corrected chi connectivity index (χ0v) is 32.2. The van der Waals surface area contributed by atoms with Gasteiger partial charge in [-0.05, 0) is 108 Å². The summed E-state index contributed by atoms with van der Waals surface area (Å²) < 4.78 is 13.9. The molecule has 4 aromatic heterocycles. The maximum Gasteiger partial charge on any atom is 0.135 e. The molecule has 13 rings (SSSR count). The van der Waals surface area contributed by atoms with E-state index >= 15 is 0 Å². The number of benzene rings is 8. The SMILES string of the molecule is C1=CC(c2ccc3oc4ccc(-n5c6ccccc6c6ccccc65)cc4c3c2)=CC(c2ccc3sc4ccc(-n5c6ccccc6c6ccccc65)cc4c3c2)C1. The van der Waals surface area contributed by atoms with Gasteiger partial charge in [0.25, 0.3) is 0 Å². The van der Waals surface area contributed by atoms with Crippen molar-refractivity contribution in [1.82, 2.24) is 9.13 Å². The van der Waals surface area contributed by atoms with E-state index in [0.29, 0.717) is 0 Å². The van der Waals surface area contributed by atoms with E-state index in [1.807, 2.05) is 11.3 Å². The van der Waals surface area contributed by atoms with Gasteiger partial charge in [0.15, 0.2) is 0 Å². The zero-order valence-electron chi connectivity index (χ0n) is 31.4. The third kappa shape index (κ3) is 4.67. The quantitative estimate of drug-likeness (QED) is 0.175. The van der Waals surface area contributed by atoms with Crippen molar-refractivity contribution in [3.05, 3.63) is 199 Å². The molecule has 0 spiro atoms. The van der Waals surface area contributed by atoms with Crippen molar-refractivity contribution in [2.45, 2.75) is 12.3 Å². The van der Waals surface area contributed by atoms with Gasteiger partial charge in [-0.2, -0.15) is 0 Å². The molecule has 1 unspecified atom stereocenters. The van der Waals surface area contributed by atoms with Crippen molar-refractivity contribution in [2.24, 2.45) is 0 Å². The summed E-state index contributed by atoms with van der Waals surface area (Å²) in [6, 6.07) is 62.2. The second kappa shape index (κ2) is 12.2. The van der Waals surface area contributed by atoms with Gasteiger partial charge in [-0.1, -0.05) is 103 Å². The Balaban J connectivity index is 0.893. The lowest BCUT2D eigenvalue weighted by Gasteiger charge is -2.18. The van der Waals surface area contributed by atoms with Gasteiger partial charge in [-0.15, -0.1) is 11.3 Å². The highest BCUT2D eigenvalue weighted by Gasteiger charge is 2.19. The number of para-hydroxylation sites is 4. The number of nitrogens with zero attached hydrogens (tertiary/aromatic N) is 2. The Bertz CT molecular complexity index is 3630. The van der Waals surface area contributed by atoms with Gasteiger partial charge in [-0.25, -0.2) is 0 Å². The summed E-state index contributed by atoms with van der Waals surface area (Å²) in [4.78, 5) is 0. The number of hydrogen-bond donors (Lipinski definition) is 0. The molecule has 0 amide bonds. The molecule has 0 aliphatic heterocycles. The van der Waals surface area contributed by atoms with Crippen molar-refractivity contribution >= 4 is 103 Å². The van der Waals surface area contributed by atoms with Crippen molar-refractivity contribution < 1.29 is 4.42 Å². The number of fused-ring (bicyclic) bond motifs is 12. The number of rotatable bonds is 4. The minimum atomic E-state index is 0.276. The topological polar surface area (TPSA) is 23.0 Å². The number of aromatic nitrogens is 2. The smallest absolute Gasteiger partial charge is 0.135 e. The van der Waals surface area contributed by atoms with Crippen LogP contribution in [0.25, 0.3) is 103 Å². The largest absolute Gasteiger partial charge is 0.456 e. The lowest BCUT2D eigenvalue weighted by Crippen LogP contribution is -1.99. The number of hydrogen-bond acceptors (Lipinski definition) is 2. The predicted octanol–water partition coefficient (Wildman–Crippen LogP) is 15.3. The Labute approximate surface area is 337 Å². The molecule has 0 saturated carbocycles. The molecule has 1 atom stereocenters. The maximum absolute atomic E-state index is 6.43. The van der Waals surface area contributed by atoms with Crippen LogP contribution in [0.15, 0.2) is 193 Å². The number of furan rings is 1. The zero-order chi connectivity index (χ0) is 37.9. The van der Waals surface area contributed by atoms with Gasteiger partial charge < -0.3 is 13.6 Å². The molecule has 3 nitrogen and oxygen atoms in total. The van der Waals surface area contributed by atoms with Crippen molar-refractivity contribution in [3.8, 4) is 11.4 Å². The molecule has 1 aliphatic rings. The summed E-state index contributed by atoms with van der Waals surface area (Å²) in [7, 11) is 0. The molecule has 8 aromatic carbocycles. The van der Waals surface area contributed by atoms with Gasteiger partial charge >= 0.3 is 0 Å². The van der Waals surface area contributed by atoms with Crippen LogP contribution in [0.5, 0.6) is 0 Å². The molecule has 4 heteroatoms. The normalized spacial score (nSPS) is 14.7. The van der Waals surface area contributed by atoms with Gasteiger partial charge in [0.1, 0.15) is 11.2 Å². The Morgan fingerprint density at radius 2 is 0.948 bits per heavy atom. The molecule has 272 valence electrons. The van der Waals surface area contributed by atoms with Gasteiger partial charge in [-0.3, -0.25) is 0 Å². The molecule has 0 saturated heterocycles. The first kappa shape index (κ1) is 32.0. The highest BCUT2D eigenvalue weighted by Crippen LogP contribution is 2.42. The maximum atomic E-state index is 6.43. The van der Waals surface area contributed by atoms with Crippen LogP contribution in [0.2, 0.25) is 0 Å². The number of thiophene rings is 1. The minimum absolute atomic E-state index is 0.276. The van der Waals surface area contributed by atoms with Crippen LogP contribution in [-0.4, -0.2) is 9.13 Å². The lowest BCUT2D eigenvalue weighted by molar-refractivity contribution is 0.669. The van der Waals surface area contributed by atoms with Crippen LogP contribution >= 0.6 is 11.3 Å². The molecule has 0 radical (unpaired) electrons. The molecule has 1 aliphatic carbocycles. The van der Waals surface area contributed by atoms with E-state index in [-0.39, 0.29) is 5.92 Å². The molecule has 0 bridgehead atoms. The summed E-state index contributed by atoms with van der Waals surface area (Å²) in [5, 5.41) is 10.0. The van der Waals surface area contributed by atoms with Crippen molar-refractivity contribution in [3.63, 3.8) is 0 Å². The van der Waals surface area contributed by atoms with Crippen LogP contribution in [0.3, 0.4) is 0 Å². The Kier molecular flexibility index (Phi) is 6.72. The average molecular weight is 759 g/mol. The Hall–Kier alpha value is -7.14. The molecule has 12 aromatic rings. The van der Waals surface area contributed by atoms with E-state index in [1.54, 1.807) is 0 Å². The number of allylic oxidation sites excluding steroid dienone is 4. The fourth-order valence-corrected chi connectivity index (χ4v) is 10.8. The van der Waals surface area contributed by atoms with Crippen LogP contribution in [-0.2, 0) is 0 Å². The summed E-state index contributed by atoms with van der Waals surface area (Å²) in [6.07, 6.45) is 8.07. The van der Waals surface area contributed by atoms with Gasteiger partial charge in [0.05, 0.1) is 22.1 Å². The van der Waals surface area contributed by atoms with E-state index in [0.717, 1.165) is 34.0 Å². The molecule has 0 N–H and O–H groups in total. The standard InChI is InChI=1S/C54H34N2OS/c1-5-16-47-39(12-1)40-13-2-6-17-48(40)55(47)37-22-25-52-44(31-37)43-29-35(20-24-51(43)57-52)33-10-9-11-34(28-33)36-21-26-53-45(30-36)46-32-38(23-27-54(46)58-53)56-49-18-7-3-14-41(49)42-15-4-8-19-50(42)56/h1-10,12-32,34H,11H2. The third-order valence-electron chi connectivity index (χ3n) is 12.4. The van der Waals surface area contributed by atoms with E-state index < -0.39 is 0 Å². The molecule has 58 heavy (non-hydrogen) atoms. The summed E-state index contributed by atoms with van der Waals surface area (Å²) in [5.74, 6) is 0.276. The molecule has 4 heterocycles. The van der Waals surface area contributed by atoms with Crippen molar-refractivity contribution in [2.75, 3.05) is 0 Å². The van der Waals surface area contributed by atoms with E-state index in [4.69, 9.17) is 4.42 Å². The van der Waals surface area contributed by atoms with E-state index in [2.05, 4.69) is 197 Å². The summed E-state index contributed by atoms with van der Waals surface area (Å²) in [6.45, 7) is 0. The monoisotopic (exact) mass is 758 g/mol. The van der Waals surface area contributed by atoms with Gasteiger partial charge in [0, 0.05) is 69.8 Å². The van der Waals surface area contributed by atoms with Gasteiger partial charge in [0.2, 0.25) is 0 Å². The fourth-order valence-electron chi connectivity index (χ4n) is 9.74. The molecule has 0 fully saturated rings. The second-order valence-corrected chi connectivity index (χ2v) is 16.7. The van der Waals surface area contributed by atoms with E-state index in [1.165, 1.54) is 86.2 Å². The van der Waals surface area contributed by atoms with Crippen LogP contribution < -0.4 is 0 Å². The molecular weight excluding hydrogens is 725 g/mol. The Morgan fingerprint density at radius 3 is 1.57 bits per heavy atom. The van der Waals surface area contributed by atoms with E-state index in [9.17, 15) is 0 Å². The highest BCUT2D eigenvalue weighted by atomic mass is 32.1. The molecular formula is C54H34N2OS. The van der Waals surface area contributed by atoms with Crippen LogP contribution in [0, 0.1) is 0 Å². The van der Waals surface area contributed by atoms with Crippen LogP contribution in [0.4, 0.5) is 0 Å². The second-order valence-electron chi connectivity index (χ2n) is 15.6.